The van der Waals surface area contributed by atoms with Crippen LogP contribution in [0.15, 0.2) is 46.9 Å². The largest absolute Gasteiger partial charge is 0.423 e. The van der Waals surface area contributed by atoms with Crippen molar-refractivity contribution in [2.75, 3.05) is 18.4 Å². The Morgan fingerprint density at radius 1 is 1.03 bits per heavy atom. The second kappa shape index (κ2) is 8.24. The fraction of sp³-hybridized carbons (Fsp3) is 0.238. The van der Waals surface area contributed by atoms with Gasteiger partial charge in [0.2, 0.25) is 11.9 Å². The first-order chi connectivity index (χ1) is 14.5. The Balaban J connectivity index is 1.48. The number of hydrogen-bond donors (Lipinski definition) is 3. The van der Waals surface area contributed by atoms with Crippen LogP contribution in [0, 0.1) is 0 Å². The van der Waals surface area contributed by atoms with Crippen LogP contribution in [0.25, 0.3) is 22.1 Å². The Morgan fingerprint density at radius 3 is 2.63 bits per heavy atom. The smallest absolute Gasteiger partial charge is 0.302 e. The number of nitrogens with one attached hydrogen (secondary N) is 3. The van der Waals surface area contributed by atoms with Gasteiger partial charge in [0, 0.05) is 32.1 Å². The lowest BCUT2D eigenvalue weighted by Crippen LogP contribution is -2.34. The van der Waals surface area contributed by atoms with Crippen molar-refractivity contribution in [1.29, 1.82) is 0 Å². The van der Waals surface area contributed by atoms with E-state index in [0.717, 1.165) is 11.0 Å². The van der Waals surface area contributed by atoms with Gasteiger partial charge >= 0.3 is 6.01 Å². The molecule has 0 atom stereocenters. The van der Waals surface area contributed by atoms with E-state index in [1.54, 1.807) is 19.1 Å². The van der Waals surface area contributed by atoms with Crippen molar-refractivity contribution >= 4 is 45.9 Å². The summed E-state index contributed by atoms with van der Waals surface area (Å²) in [6.07, 6.45) is 0.421. The van der Waals surface area contributed by atoms with Gasteiger partial charge in [0.05, 0.1) is 11.0 Å². The highest BCUT2D eigenvalue weighted by Gasteiger charge is 2.14. The van der Waals surface area contributed by atoms with Crippen LogP contribution in [0.2, 0.25) is 0 Å². The van der Waals surface area contributed by atoms with Gasteiger partial charge in [-0.2, -0.15) is 4.98 Å². The van der Waals surface area contributed by atoms with E-state index in [0.29, 0.717) is 48.1 Å². The zero-order chi connectivity index (χ0) is 21.1. The number of anilines is 2. The van der Waals surface area contributed by atoms with Crippen molar-refractivity contribution in [2.24, 2.45) is 7.05 Å². The summed E-state index contributed by atoms with van der Waals surface area (Å²) in [6.45, 7) is 2.53. The molecule has 2 amide bonds. The van der Waals surface area contributed by atoms with E-state index in [9.17, 15) is 9.59 Å². The van der Waals surface area contributed by atoms with E-state index in [2.05, 4.69) is 25.9 Å². The number of carbonyl (C=O) groups is 2. The number of aromatic nitrogens is 3. The monoisotopic (exact) mass is 406 g/mol. The van der Waals surface area contributed by atoms with Crippen LogP contribution < -0.4 is 16.0 Å². The average Bonchev–Trinajstić information content (AvgIpc) is 3.31. The van der Waals surface area contributed by atoms with Gasteiger partial charge < -0.3 is 19.6 Å². The maximum atomic E-state index is 12.4. The second-order valence-corrected chi connectivity index (χ2v) is 6.77. The third-order valence-electron chi connectivity index (χ3n) is 4.71. The molecule has 9 nitrogen and oxygen atoms in total. The molecule has 0 unspecified atom stereocenters. The molecule has 0 spiro atoms. The molecular formula is C21H22N6O3. The van der Waals surface area contributed by atoms with Crippen LogP contribution in [0.1, 0.15) is 23.7 Å². The predicted octanol–water partition coefficient (Wildman–Crippen LogP) is 2.71. The molecule has 0 bridgehead atoms. The lowest BCUT2D eigenvalue weighted by molar-refractivity contribution is -0.120. The molecule has 4 rings (SSSR count). The average molecular weight is 406 g/mol. The van der Waals surface area contributed by atoms with E-state index in [1.807, 2.05) is 41.9 Å². The Kier molecular flexibility index (Phi) is 5.34. The lowest BCUT2D eigenvalue weighted by atomic mass is 10.2. The highest BCUT2D eigenvalue weighted by atomic mass is 16.4. The van der Waals surface area contributed by atoms with E-state index in [1.165, 1.54) is 0 Å². The Hall–Kier alpha value is -3.88. The number of rotatable bonds is 7. The first-order valence-corrected chi connectivity index (χ1v) is 9.69. The number of benzene rings is 2. The first-order valence-electron chi connectivity index (χ1n) is 9.69. The summed E-state index contributed by atoms with van der Waals surface area (Å²) in [7, 11) is 1.87. The SMILES string of the molecule is CCC(=O)NCCNC(=O)c1ccc2c(c1)nc(Nc1nc3ccccc3o1)n2C. The minimum atomic E-state index is -0.221. The molecule has 2 aromatic carbocycles. The number of para-hydroxylation sites is 2. The standard InChI is InChI=1S/C21H22N6O3/c1-3-18(28)22-10-11-23-19(29)13-8-9-16-15(12-13)24-20(27(16)2)26-21-25-14-6-4-5-7-17(14)30-21/h4-9,12H,3,10-11H2,1-2H3,(H,22,28)(H,23,29)(H,24,25,26). The zero-order valence-electron chi connectivity index (χ0n) is 16.7. The summed E-state index contributed by atoms with van der Waals surface area (Å²) in [5, 5.41) is 8.60. The fourth-order valence-corrected chi connectivity index (χ4v) is 3.08. The number of imidazole rings is 1. The van der Waals surface area contributed by atoms with Crippen molar-refractivity contribution in [1.82, 2.24) is 25.2 Å². The number of hydrogen-bond acceptors (Lipinski definition) is 6. The van der Waals surface area contributed by atoms with Gasteiger partial charge in [-0.25, -0.2) is 4.98 Å². The van der Waals surface area contributed by atoms with Crippen molar-refractivity contribution in [3.8, 4) is 0 Å². The summed E-state index contributed by atoms with van der Waals surface area (Å²) >= 11 is 0. The van der Waals surface area contributed by atoms with E-state index in [4.69, 9.17) is 4.42 Å². The molecule has 0 saturated carbocycles. The fourth-order valence-electron chi connectivity index (χ4n) is 3.08. The Morgan fingerprint density at radius 2 is 1.83 bits per heavy atom. The lowest BCUT2D eigenvalue weighted by Gasteiger charge is -2.06. The Bertz CT molecular complexity index is 1190. The highest BCUT2D eigenvalue weighted by molar-refractivity contribution is 5.97. The van der Waals surface area contributed by atoms with E-state index < -0.39 is 0 Å². The molecule has 4 aromatic rings. The second-order valence-electron chi connectivity index (χ2n) is 6.77. The summed E-state index contributed by atoms with van der Waals surface area (Å²) < 4.78 is 7.56. The third-order valence-corrected chi connectivity index (χ3v) is 4.71. The predicted molar refractivity (Wildman–Crippen MR) is 114 cm³/mol. The summed E-state index contributed by atoms with van der Waals surface area (Å²) in [6, 6.07) is 13.2. The van der Waals surface area contributed by atoms with E-state index in [-0.39, 0.29) is 11.8 Å². The molecule has 9 heteroatoms. The number of aryl methyl sites for hydroxylation is 1. The van der Waals surface area contributed by atoms with Crippen molar-refractivity contribution in [2.45, 2.75) is 13.3 Å². The summed E-state index contributed by atoms with van der Waals surface area (Å²) in [5.41, 5.74) is 3.47. The summed E-state index contributed by atoms with van der Waals surface area (Å²) in [4.78, 5) is 32.6. The van der Waals surface area contributed by atoms with Gasteiger partial charge in [-0.3, -0.25) is 14.9 Å². The molecular weight excluding hydrogens is 384 g/mol. The molecule has 0 aliphatic carbocycles. The molecule has 2 aromatic heterocycles. The third kappa shape index (κ3) is 3.95. The van der Waals surface area contributed by atoms with E-state index >= 15 is 0 Å². The first kappa shape index (κ1) is 19.4. The van der Waals surface area contributed by atoms with Crippen LogP contribution >= 0.6 is 0 Å². The molecule has 30 heavy (non-hydrogen) atoms. The minimum absolute atomic E-state index is 0.0434. The van der Waals surface area contributed by atoms with Gasteiger partial charge in [-0.1, -0.05) is 19.1 Å². The minimum Gasteiger partial charge on any atom is -0.423 e. The van der Waals surface area contributed by atoms with Crippen LogP contribution in [-0.4, -0.2) is 39.4 Å². The molecule has 0 aliphatic heterocycles. The van der Waals surface area contributed by atoms with Gasteiger partial charge in [0.25, 0.3) is 5.91 Å². The number of amides is 2. The quantitative estimate of drug-likeness (QED) is 0.407. The maximum absolute atomic E-state index is 12.4. The number of fused-ring (bicyclic) bond motifs is 2. The zero-order valence-corrected chi connectivity index (χ0v) is 16.7. The van der Waals surface area contributed by atoms with Crippen molar-refractivity contribution in [3.63, 3.8) is 0 Å². The van der Waals surface area contributed by atoms with Gasteiger partial charge in [-0.15, -0.1) is 0 Å². The molecule has 2 heterocycles. The van der Waals surface area contributed by atoms with Crippen LogP contribution in [0.4, 0.5) is 12.0 Å². The Labute approximate surface area is 172 Å². The van der Waals surface area contributed by atoms with Gasteiger partial charge in [-0.05, 0) is 30.3 Å². The van der Waals surface area contributed by atoms with Crippen molar-refractivity contribution in [3.05, 3.63) is 48.0 Å². The van der Waals surface area contributed by atoms with Gasteiger partial charge in [0.1, 0.15) is 5.52 Å². The maximum Gasteiger partial charge on any atom is 0.302 e. The highest BCUT2D eigenvalue weighted by Crippen LogP contribution is 2.24. The molecule has 3 N–H and O–H groups in total. The van der Waals surface area contributed by atoms with Crippen LogP contribution in [0.3, 0.4) is 0 Å². The number of oxazole rings is 1. The molecule has 0 saturated heterocycles. The molecule has 0 radical (unpaired) electrons. The van der Waals surface area contributed by atoms with Crippen molar-refractivity contribution < 1.29 is 14.0 Å². The number of nitrogens with zero attached hydrogens (tertiary/aromatic N) is 3. The van der Waals surface area contributed by atoms with Crippen LogP contribution in [-0.2, 0) is 11.8 Å². The van der Waals surface area contributed by atoms with Crippen LogP contribution in [0.5, 0.6) is 0 Å². The molecule has 0 fully saturated rings. The number of carbonyl (C=O) groups excluding carboxylic acids is 2. The topological polar surface area (TPSA) is 114 Å². The molecule has 154 valence electrons. The normalized spacial score (nSPS) is 11.0. The van der Waals surface area contributed by atoms with Gasteiger partial charge in [0.15, 0.2) is 5.58 Å². The summed E-state index contributed by atoms with van der Waals surface area (Å²) in [5.74, 6) is 0.288. The molecule has 0 aliphatic rings.